The fraction of sp³-hybridized carbons (Fsp3) is 0.333. The van der Waals surface area contributed by atoms with Crippen molar-refractivity contribution in [1.29, 1.82) is 0 Å². The van der Waals surface area contributed by atoms with Crippen molar-refractivity contribution in [1.82, 2.24) is 15.3 Å². The molecule has 0 unspecified atom stereocenters. The van der Waals surface area contributed by atoms with Crippen LogP contribution < -0.4 is 10.2 Å². The largest absolute Gasteiger partial charge is 0.359 e. The molecule has 0 aliphatic carbocycles. The Hall–Kier alpha value is -1.94. The van der Waals surface area contributed by atoms with Gasteiger partial charge in [0.15, 0.2) is 0 Å². The minimum Gasteiger partial charge on any atom is -0.359 e. The van der Waals surface area contributed by atoms with Crippen LogP contribution in [0.15, 0.2) is 42.7 Å². The highest BCUT2D eigenvalue weighted by molar-refractivity contribution is 5.38. The second kappa shape index (κ2) is 6.85. The first kappa shape index (κ1) is 13.5. The van der Waals surface area contributed by atoms with Crippen LogP contribution in [-0.2, 0) is 13.0 Å². The second-order valence-corrected chi connectivity index (χ2v) is 4.54. The number of pyridine rings is 2. The summed E-state index contributed by atoms with van der Waals surface area (Å²) in [4.78, 5) is 10.8. The molecule has 0 fully saturated rings. The minimum atomic E-state index is 0.798. The highest BCUT2D eigenvalue weighted by Gasteiger charge is 2.03. The SMILES string of the molecule is CNCc1cccc(N(C)CCc2ccncc2)n1. The van der Waals surface area contributed by atoms with Crippen LogP contribution in [0, 0.1) is 0 Å². The monoisotopic (exact) mass is 256 g/mol. The molecule has 0 atom stereocenters. The van der Waals surface area contributed by atoms with E-state index in [-0.39, 0.29) is 0 Å². The van der Waals surface area contributed by atoms with E-state index >= 15 is 0 Å². The van der Waals surface area contributed by atoms with Gasteiger partial charge in [0.05, 0.1) is 5.69 Å². The summed E-state index contributed by atoms with van der Waals surface area (Å²) in [6, 6.07) is 10.2. The summed E-state index contributed by atoms with van der Waals surface area (Å²) in [5.74, 6) is 1.02. The Morgan fingerprint density at radius 3 is 2.68 bits per heavy atom. The highest BCUT2D eigenvalue weighted by atomic mass is 15.2. The van der Waals surface area contributed by atoms with E-state index in [9.17, 15) is 0 Å². The van der Waals surface area contributed by atoms with Crippen molar-refractivity contribution in [2.45, 2.75) is 13.0 Å². The third-order valence-electron chi connectivity index (χ3n) is 3.03. The lowest BCUT2D eigenvalue weighted by molar-refractivity contribution is 0.781. The summed E-state index contributed by atoms with van der Waals surface area (Å²) >= 11 is 0. The second-order valence-electron chi connectivity index (χ2n) is 4.54. The van der Waals surface area contributed by atoms with E-state index in [1.165, 1.54) is 5.56 Å². The molecule has 100 valence electrons. The van der Waals surface area contributed by atoms with Crippen LogP contribution in [0.4, 0.5) is 5.82 Å². The first-order chi connectivity index (χ1) is 9.29. The Morgan fingerprint density at radius 2 is 1.95 bits per heavy atom. The molecular weight excluding hydrogens is 236 g/mol. The van der Waals surface area contributed by atoms with Gasteiger partial charge in [-0.05, 0) is 43.3 Å². The summed E-state index contributed by atoms with van der Waals surface area (Å²) in [5.41, 5.74) is 2.36. The smallest absolute Gasteiger partial charge is 0.128 e. The van der Waals surface area contributed by atoms with Crippen LogP contribution in [0.1, 0.15) is 11.3 Å². The third kappa shape index (κ3) is 4.03. The fourth-order valence-electron chi connectivity index (χ4n) is 1.92. The number of likely N-dealkylation sites (N-methyl/N-ethyl adjacent to an activating group) is 1. The minimum absolute atomic E-state index is 0.798. The quantitative estimate of drug-likeness (QED) is 0.856. The zero-order valence-corrected chi connectivity index (χ0v) is 11.5. The normalized spacial score (nSPS) is 10.4. The maximum Gasteiger partial charge on any atom is 0.128 e. The summed E-state index contributed by atoms with van der Waals surface area (Å²) in [6.07, 6.45) is 4.67. The summed E-state index contributed by atoms with van der Waals surface area (Å²) < 4.78 is 0. The Bertz CT molecular complexity index is 499. The lowest BCUT2D eigenvalue weighted by Gasteiger charge is -2.18. The number of anilines is 1. The van der Waals surface area contributed by atoms with Crippen molar-refractivity contribution in [2.75, 3.05) is 25.5 Å². The molecule has 0 aromatic carbocycles. The molecule has 4 nitrogen and oxygen atoms in total. The van der Waals surface area contributed by atoms with Crippen molar-refractivity contribution >= 4 is 5.82 Å². The van der Waals surface area contributed by atoms with Crippen molar-refractivity contribution in [3.05, 3.63) is 54.0 Å². The van der Waals surface area contributed by atoms with Gasteiger partial charge in [0.2, 0.25) is 0 Å². The lowest BCUT2D eigenvalue weighted by Crippen LogP contribution is -2.22. The predicted molar refractivity (Wildman–Crippen MR) is 78.2 cm³/mol. The van der Waals surface area contributed by atoms with E-state index in [0.717, 1.165) is 31.0 Å². The van der Waals surface area contributed by atoms with E-state index in [1.54, 1.807) is 0 Å². The van der Waals surface area contributed by atoms with Crippen molar-refractivity contribution in [2.24, 2.45) is 0 Å². The van der Waals surface area contributed by atoms with Gasteiger partial charge >= 0.3 is 0 Å². The molecule has 2 heterocycles. The van der Waals surface area contributed by atoms with Crippen molar-refractivity contribution < 1.29 is 0 Å². The number of aromatic nitrogens is 2. The topological polar surface area (TPSA) is 41.0 Å². The molecule has 2 aromatic rings. The van der Waals surface area contributed by atoms with Crippen molar-refractivity contribution in [3.63, 3.8) is 0 Å². The molecule has 0 bridgehead atoms. The molecule has 4 heteroatoms. The van der Waals surface area contributed by atoms with Gasteiger partial charge in [-0.25, -0.2) is 4.98 Å². The molecule has 0 aliphatic heterocycles. The molecule has 2 aromatic heterocycles. The molecule has 2 rings (SSSR count). The van der Waals surface area contributed by atoms with Gasteiger partial charge in [-0.1, -0.05) is 6.07 Å². The van der Waals surface area contributed by atoms with E-state index in [1.807, 2.05) is 31.6 Å². The molecule has 0 saturated carbocycles. The van der Waals surface area contributed by atoms with Gasteiger partial charge in [-0.15, -0.1) is 0 Å². The Balaban J connectivity index is 1.95. The van der Waals surface area contributed by atoms with Crippen molar-refractivity contribution in [3.8, 4) is 0 Å². The van der Waals surface area contributed by atoms with Gasteiger partial charge in [0, 0.05) is 32.5 Å². The molecule has 0 spiro atoms. The van der Waals surface area contributed by atoms with E-state index in [2.05, 4.69) is 45.4 Å². The van der Waals surface area contributed by atoms with E-state index < -0.39 is 0 Å². The maximum absolute atomic E-state index is 4.63. The number of hydrogen-bond donors (Lipinski definition) is 1. The van der Waals surface area contributed by atoms with Gasteiger partial charge in [0.1, 0.15) is 5.82 Å². The molecule has 1 N–H and O–H groups in total. The standard InChI is InChI=1S/C15H20N4/c1-16-12-14-4-3-5-15(18-14)19(2)11-8-13-6-9-17-10-7-13/h3-7,9-10,16H,8,11-12H2,1-2H3. The first-order valence-electron chi connectivity index (χ1n) is 6.50. The third-order valence-corrected chi connectivity index (χ3v) is 3.03. The zero-order chi connectivity index (χ0) is 13.5. The lowest BCUT2D eigenvalue weighted by atomic mass is 10.2. The molecule has 19 heavy (non-hydrogen) atoms. The number of rotatable bonds is 6. The van der Waals surface area contributed by atoms with Crippen LogP contribution in [0.5, 0.6) is 0 Å². The predicted octanol–water partition coefficient (Wildman–Crippen LogP) is 1.87. The van der Waals surface area contributed by atoms with Gasteiger partial charge in [-0.3, -0.25) is 4.98 Å². The first-order valence-corrected chi connectivity index (χ1v) is 6.50. The highest BCUT2D eigenvalue weighted by Crippen LogP contribution is 2.10. The van der Waals surface area contributed by atoms with Crippen LogP contribution in [0.25, 0.3) is 0 Å². The molecule has 0 amide bonds. The van der Waals surface area contributed by atoms with Gasteiger partial charge in [0.25, 0.3) is 0 Å². The number of nitrogens with zero attached hydrogens (tertiary/aromatic N) is 3. The van der Waals surface area contributed by atoms with E-state index in [0.29, 0.717) is 0 Å². The molecule has 0 radical (unpaired) electrons. The maximum atomic E-state index is 4.63. The van der Waals surface area contributed by atoms with E-state index in [4.69, 9.17) is 0 Å². The fourth-order valence-corrected chi connectivity index (χ4v) is 1.92. The number of hydrogen-bond acceptors (Lipinski definition) is 4. The van der Waals surface area contributed by atoms with Gasteiger partial charge < -0.3 is 10.2 Å². The Labute approximate surface area is 114 Å². The molecular formula is C15H20N4. The van der Waals surface area contributed by atoms with Crippen LogP contribution in [-0.4, -0.2) is 30.6 Å². The summed E-state index contributed by atoms with van der Waals surface area (Å²) in [6.45, 7) is 1.74. The molecule has 0 saturated heterocycles. The Morgan fingerprint density at radius 1 is 1.16 bits per heavy atom. The summed E-state index contributed by atoms with van der Waals surface area (Å²) in [5, 5.41) is 3.12. The van der Waals surface area contributed by atoms with Crippen LogP contribution in [0.3, 0.4) is 0 Å². The molecule has 0 aliphatic rings. The Kier molecular flexibility index (Phi) is 4.86. The average Bonchev–Trinajstić information content (AvgIpc) is 2.46. The zero-order valence-electron chi connectivity index (χ0n) is 11.5. The average molecular weight is 256 g/mol. The number of nitrogens with one attached hydrogen (secondary N) is 1. The van der Waals surface area contributed by atoms with Gasteiger partial charge in [-0.2, -0.15) is 0 Å². The summed E-state index contributed by atoms with van der Waals surface area (Å²) in [7, 11) is 4.01. The van der Waals surface area contributed by atoms with Crippen LogP contribution >= 0.6 is 0 Å². The van der Waals surface area contributed by atoms with Crippen LogP contribution in [0.2, 0.25) is 0 Å².